The first-order valence-corrected chi connectivity index (χ1v) is 7.00. The maximum atomic E-state index is 12.0. The summed E-state index contributed by atoms with van der Waals surface area (Å²) in [7, 11) is 1.29. The van der Waals surface area contributed by atoms with Crippen LogP contribution in [0.5, 0.6) is 0 Å². The molecular weight excluding hydrogens is 278 g/mol. The van der Waals surface area contributed by atoms with Crippen molar-refractivity contribution in [2.24, 2.45) is 0 Å². The number of rotatable bonds is 4. The summed E-state index contributed by atoms with van der Waals surface area (Å²) < 4.78 is 4.66. The smallest absolute Gasteiger partial charge is 0.330 e. The lowest BCUT2D eigenvalue weighted by Crippen LogP contribution is -2.49. The molecule has 0 bridgehead atoms. The van der Waals surface area contributed by atoms with Crippen LogP contribution in [0.2, 0.25) is 0 Å². The minimum Gasteiger partial charge on any atom is -0.467 e. The largest absolute Gasteiger partial charge is 0.467 e. The van der Waals surface area contributed by atoms with Crippen LogP contribution in [0.1, 0.15) is 19.4 Å². The standard InChI is InChI=1S/C18H19NO3/c1-18(2,17(21)22-3)19-16(20)12-11-14-9-6-8-13-7-4-5-10-15(13)14/h4-12H,1-3H3,(H,19,20)/b12-11+. The molecule has 0 heterocycles. The molecule has 0 aromatic heterocycles. The number of carbonyl (C=O) groups is 2. The fourth-order valence-electron chi connectivity index (χ4n) is 2.22. The van der Waals surface area contributed by atoms with Gasteiger partial charge in [0.15, 0.2) is 0 Å². The fourth-order valence-corrected chi connectivity index (χ4v) is 2.22. The number of amides is 1. The van der Waals surface area contributed by atoms with Gasteiger partial charge in [-0.1, -0.05) is 42.5 Å². The molecule has 0 atom stereocenters. The Hall–Kier alpha value is -2.62. The van der Waals surface area contributed by atoms with Crippen LogP contribution < -0.4 is 5.32 Å². The number of nitrogens with one attached hydrogen (secondary N) is 1. The topological polar surface area (TPSA) is 55.4 Å². The van der Waals surface area contributed by atoms with Gasteiger partial charge in [0.2, 0.25) is 5.91 Å². The fraction of sp³-hybridized carbons (Fsp3) is 0.222. The zero-order valence-corrected chi connectivity index (χ0v) is 12.9. The Morgan fingerprint density at radius 2 is 1.77 bits per heavy atom. The number of hydrogen-bond acceptors (Lipinski definition) is 3. The molecule has 114 valence electrons. The lowest BCUT2D eigenvalue weighted by Gasteiger charge is -2.22. The van der Waals surface area contributed by atoms with Crippen molar-refractivity contribution in [2.45, 2.75) is 19.4 Å². The lowest BCUT2D eigenvalue weighted by molar-refractivity contribution is -0.148. The number of hydrogen-bond donors (Lipinski definition) is 1. The lowest BCUT2D eigenvalue weighted by atomic mass is 10.0. The minimum absolute atomic E-state index is 0.344. The van der Waals surface area contributed by atoms with E-state index in [0.717, 1.165) is 16.3 Å². The molecule has 0 aliphatic heterocycles. The van der Waals surface area contributed by atoms with E-state index in [9.17, 15) is 9.59 Å². The molecule has 1 amide bonds. The van der Waals surface area contributed by atoms with Crippen LogP contribution in [0.3, 0.4) is 0 Å². The van der Waals surface area contributed by atoms with E-state index in [1.807, 2.05) is 42.5 Å². The van der Waals surface area contributed by atoms with E-state index in [4.69, 9.17) is 0 Å². The summed E-state index contributed by atoms with van der Waals surface area (Å²) >= 11 is 0. The van der Waals surface area contributed by atoms with Crippen molar-refractivity contribution >= 4 is 28.7 Å². The highest BCUT2D eigenvalue weighted by Crippen LogP contribution is 2.19. The van der Waals surface area contributed by atoms with Crippen LogP contribution in [0.25, 0.3) is 16.8 Å². The monoisotopic (exact) mass is 297 g/mol. The Labute approximate surface area is 129 Å². The molecular formula is C18H19NO3. The third kappa shape index (κ3) is 3.52. The number of esters is 1. The van der Waals surface area contributed by atoms with E-state index in [-0.39, 0.29) is 5.91 Å². The minimum atomic E-state index is -1.06. The normalized spacial score (nSPS) is 11.6. The summed E-state index contributed by atoms with van der Waals surface area (Å²) in [6.07, 6.45) is 3.16. The number of methoxy groups -OCH3 is 1. The maximum absolute atomic E-state index is 12.0. The SMILES string of the molecule is COC(=O)C(C)(C)NC(=O)/C=C/c1cccc2ccccc12. The van der Waals surface area contributed by atoms with Crippen LogP contribution >= 0.6 is 0 Å². The summed E-state index contributed by atoms with van der Waals surface area (Å²) in [5.74, 6) is -0.831. The third-order valence-electron chi connectivity index (χ3n) is 3.37. The van der Waals surface area contributed by atoms with Crippen LogP contribution in [-0.2, 0) is 14.3 Å². The molecule has 1 N–H and O–H groups in total. The summed E-state index contributed by atoms with van der Waals surface area (Å²) in [6.45, 7) is 3.20. The molecule has 0 aliphatic carbocycles. The molecule has 22 heavy (non-hydrogen) atoms. The van der Waals surface area contributed by atoms with Crippen LogP contribution in [0.15, 0.2) is 48.5 Å². The van der Waals surface area contributed by atoms with Gasteiger partial charge < -0.3 is 10.1 Å². The predicted octanol–water partition coefficient (Wildman–Crippen LogP) is 2.92. The number of fused-ring (bicyclic) bond motifs is 1. The molecule has 0 radical (unpaired) electrons. The zero-order chi connectivity index (χ0) is 16.2. The van der Waals surface area contributed by atoms with Crippen molar-refractivity contribution in [3.63, 3.8) is 0 Å². The van der Waals surface area contributed by atoms with Crippen molar-refractivity contribution < 1.29 is 14.3 Å². The Kier molecular flexibility index (Phi) is 4.61. The van der Waals surface area contributed by atoms with Gasteiger partial charge in [-0.05, 0) is 36.3 Å². The van der Waals surface area contributed by atoms with E-state index in [2.05, 4.69) is 10.1 Å². The summed E-state index contributed by atoms with van der Waals surface area (Å²) in [4.78, 5) is 23.5. The van der Waals surface area contributed by atoms with E-state index in [1.165, 1.54) is 13.2 Å². The molecule has 0 fully saturated rings. The number of benzene rings is 2. The first-order chi connectivity index (χ1) is 10.4. The molecule has 0 saturated carbocycles. The Morgan fingerprint density at radius 1 is 1.09 bits per heavy atom. The molecule has 4 heteroatoms. The average molecular weight is 297 g/mol. The van der Waals surface area contributed by atoms with Crippen LogP contribution in [0, 0.1) is 0 Å². The van der Waals surface area contributed by atoms with E-state index in [0.29, 0.717) is 0 Å². The summed E-state index contributed by atoms with van der Waals surface area (Å²) in [5.41, 5.74) is -0.112. The van der Waals surface area contributed by atoms with Gasteiger partial charge in [0.1, 0.15) is 5.54 Å². The van der Waals surface area contributed by atoms with Crippen molar-refractivity contribution in [1.82, 2.24) is 5.32 Å². The maximum Gasteiger partial charge on any atom is 0.330 e. The second-order valence-electron chi connectivity index (χ2n) is 5.51. The number of carbonyl (C=O) groups excluding carboxylic acids is 2. The highest BCUT2D eigenvalue weighted by molar-refractivity contribution is 5.98. The molecule has 0 saturated heterocycles. The van der Waals surface area contributed by atoms with Crippen molar-refractivity contribution in [1.29, 1.82) is 0 Å². The Balaban J connectivity index is 2.17. The number of ether oxygens (including phenoxy) is 1. The van der Waals surface area contributed by atoms with Crippen molar-refractivity contribution in [3.8, 4) is 0 Å². The Bertz CT molecular complexity index is 727. The molecule has 0 aliphatic rings. The van der Waals surface area contributed by atoms with Gasteiger partial charge in [-0.15, -0.1) is 0 Å². The van der Waals surface area contributed by atoms with E-state index >= 15 is 0 Å². The van der Waals surface area contributed by atoms with Gasteiger partial charge >= 0.3 is 5.97 Å². The first-order valence-electron chi connectivity index (χ1n) is 7.00. The quantitative estimate of drug-likeness (QED) is 0.697. The molecule has 2 aromatic rings. The third-order valence-corrected chi connectivity index (χ3v) is 3.37. The van der Waals surface area contributed by atoms with Gasteiger partial charge in [0, 0.05) is 6.08 Å². The summed E-state index contributed by atoms with van der Waals surface area (Å²) in [6, 6.07) is 13.9. The highest BCUT2D eigenvalue weighted by Gasteiger charge is 2.29. The van der Waals surface area contributed by atoms with Crippen LogP contribution in [0.4, 0.5) is 0 Å². The molecule has 4 nitrogen and oxygen atoms in total. The molecule has 0 unspecified atom stereocenters. The predicted molar refractivity (Wildman–Crippen MR) is 87.2 cm³/mol. The highest BCUT2D eigenvalue weighted by atomic mass is 16.5. The van der Waals surface area contributed by atoms with Gasteiger partial charge in [0.05, 0.1) is 7.11 Å². The van der Waals surface area contributed by atoms with Crippen molar-refractivity contribution in [2.75, 3.05) is 7.11 Å². The second-order valence-corrected chi connectivity index (χ2v) is 5.51. The van der Waals surface area contributed by atoms with E-state index < -0.39 is 11.5 Å². The molecule has 2 aromatic carbocycles. The van der Waals surface area contributed by atoms with Gasteiger partial charge in [-0.25, -0.2) is 4.79 Å². The first kappa shape index (κ1) is 15.8. The summed E-state index contributed by atoms with van der Waals surface area (Å²) in [5, 5.41) is 4.81. The van der Waals surface area contributed by atoms with Gasteiger partial charge in [-0.2, -0.15) is 0 Å². The van der Waals surface area contributed by atoms with Gasteiger partial charge in [0.25, 0.3) is 0 Å². The zero-order valence-electron chi connectivity index (χ0n) is 12.9. The Morgan fingerprint density at radius 3 is 2.50 bits per heavy atom. The van der Waals surface area contributed by atoms with Gasteiger partial charge in [-0.3, -0.25) is 4.79 Å². The van der Waals surface area contributed by atoms with Crippen molar-refractivity contribution in [3.05, 3.63) is 54.1 Å². The average Bonchev–Trinajstić information content (AvgIpc) is 2.51. The second kappa shape index (κ2) is 6.43. The molecule has 0 spiro atoms. The van der Waals surface area contributed by atoms with E-state index in [1.54, 1.807) is 19.9 Å². The molecule has 2 rings (SSSR count). The van der Waals surface area contributed by atoms with Crippen LogP contribution in [-0.4, -0.2) is 24.5 Å².